The molecule has 0 atom stereocenters. The Morgan fingerprint density at radius 3 is 2.13 bits per heavy atom. The van der Waals surface area contributed by atoms with Crippen LogP contribution in [-0.2, 0) is 0 Å². The van der Waals surface area contributed by atoms with Crippen molar-refractivity contribution in [2.45, 2.75) is 13.8 Å². The average molecular weight is 309 g/mol. The van der Waals surface area contributed by atoms with Crippen LogP contribution in [0.1, 0.15) is 13.8 Å². The Hall–Kier alpha value is -3.01. The molecule has 0 aliphatic heterocycles. The Balaban J connectivity index is 2.64. The largest absolute Gasteiger partial charge is 0.492 e. The van der Waals surface area contributed by atoms with E-state index >= 15 is 0 Å². The normalized spacial score (nSPS) is 9.39. The number of hydrogen-bond acceptors (Lipinski definition) is 6. The van der Waals surface area contributed by atoms with Gasteiger partial charge in [0.05, 0.1) is 0 Å². The number of rotatable bonds is 8. The average Bonchev–Trinajstić information content (AvgIpc) is 2.60. The van der Waals surface area contributed by atoms with Crippen molar-refractivity contribution < 1.29 is 4.74 Å². The molecule has 1 aromatic carbocycles. The summed E-state index contributed by atoms with van der Waals surface area (Å²) in [6, 6.07) is 12.2. The SMILES string of the molecule is CCN(CC)CCOc1ccc(NC(C#N)=C(C#N)C#N)cc1. The van der Waals surface area contributed by atoms with Crippen molar-refractivity contribution in [3.05, 3.63) is 35.5 Å². The van der Waals surface area contributed by atoms with Crippen LogP contribution in [0.5, 0.6) is 5.75 Å². The van der Waals surface area contributed by atoms with Crippen molar-refractivity contribution in [3.8, 4) is 24.0 Å². The van der Waals surface area contributed by atoms with E-state index in [9.17, 15) is 0 Å². The molecule has 1 rings (SSSR count). The number of nitriles is 3. The maximum atomic E-state index is 8.99. The highest BCUT2D eigenvalue weighted by atomic mass is 16.5. The predicted octanol–water partition coefficient (Wildman–Crippen LogP) is 2.64. The fraction of sp³-hybridized carbons (Fsp3) is 0.353. The Bertz CT molecular complexity index is 638. The first-order valence-electron chi connectivity index (χ1n) is 7.35. The number of likely N-dealkylation sites (N-methyl/N-ethyl adjacent to an activating group) is 1. The molecule has 0 saturated heterocycles. The molecule has 6 nitrogen and oxygen atoms in total. The van der Waals surface area contributed by atoms with Gasteiger partial charge < -0.3 is 15.0 Å². The first-order valence-corrected chi connectivity index (χ1v) is 7.35. The molecule has 1 N–H and O–H groups in total. The molecule has 0 aromatic heterocycles. The number of nitrogens with one attached hydrogen (secondary N) is 1. The van der Waals surface area contributed by atoms with Gasteiger partial charge in [-0.1, -0.05) is 13.8 Å². The van der Waals surface area contributed by atoms with E-state index in [0.29, 0.717) is 12.3 Å². The lowest BCUT2D eigenvalue weighted by Crippen LogP contribution is -2.27. The summed E-state index contributed by atoms with van der Waals surface area (Å²) in [4.78, 5) is 2.27. The number of hydrogen-bond donors (Lipinski definition) is 1. The molecule has 0 bridgehead atoms. The number of ether oxygens (including phenoxy) is 1. The third-order valence-electron chi connectivity index (χ3n) is 3.28. The minimum atomic E-state index is -0.243. The summed E-state index contributed by atoms with van der Waals surface area (Å²) in [5, 5.41) is 29.3. The molecule has 0 amide bonds. The highest BCUT2D eigenvalue weighted by Crippen LogP contribution is 2.18. The lowest BCUT2D eigenvalue weighted by atomic mass is 10.2. The second-order valence-corrected chi connectivity index (χ2v) is 4.61. The highest BCUT2D eigenvalue weighted by molar-refractivity contribution is 5.58. The molecule has 0 spiro atoms. The third-order valence-corrected chi connectivity index (χ3v) is 3.28. The Kier molecular flexibility index (Phi) is 7.72. The van der Waals surface area contributed by atoms with Crippen molar-refractivity contribution in [1.82, 2.24) is 4.90 Å². The van der Waals surface area contributed by atoms with Crippen LogP contribution < -0.4 is 10.1 Å². The summed E-state index contributed by atoms with van der Waals surface area (Å²) in [5.74, 6) is 0.728. The van der Waals surface area contributed by atoms with E-state index in [2.05, 4.69) is 24.1 Å². The summed E-state index contributed by atoms with van der Waals surface area (Å²) in [7, 11) is 0. The molecule has 0 aliphatic carbocycles. The summed E-state index contributed by atoms with van der Waals surface area (Å²) < 4.78 is 5.67. The lowest BCUT2D eigenvalue weighted by molar-refractivity contribution is 0.223. The Morgan fingerprint density at radius 1 is 1.04 bits per heavy atom. The molecular weight excluding hydrogens is 290 g/mol. The minimum Gasteiger partial charge on any atom is -0.492 e. The molecule has 0 unspecified atom stereocenters. The van der Waals surface area contributed by atoms with Crippen LogP contribution in [0.4, 0.5) is 5.69 Å². The van der Waals surface area contributed by atoms with Crippen molar-refractivity contribution in [3.63, 3.8) is 0 Å². The molecule has 118 valence electrons. The maximum Gasteiger partial charge on any atom is 0.163 e. The first-order chi connectivity index (χ1) is 11.2. The van der Waals surface area contributed by atoms with Crippen molar-refractivity contribution in [2.75, 3.05) is 31.6 Å². The van der Waals surface area contributed by atoms with Gasteiger partial charge in [0, 0.05) is 12.2 Å². The van der Waals surface area contributed by atoms with Crippen LogP contribution >= 0.6 is 0 Å². The molecule has 6 heteroatoms. The molecule has 0 saturated carbocycles. The zero-order chi connectivity index (χ0) is 17.1. The molecule has 0 fully saturated rings. The lowest BCUT2D eigenvalue weighted by Gasteiger charge is -2.18. The quantitative estimate of drug-likeness (QED) is 0.742. The van der Waals surface area contributed by atoms with Gasteiger partial charge in [-0.2, -0.15) is 15.8 Å². The van der Waals surface area contributed by atoms with Gasteiger partial charge in [-0.25, -0.2) is 0 Å². The van der Waals surface area contributed by atoms with E-state index in [0.717, 1.165) is 25.4 Å². The van der Waals surface area contributed by atoms with Gasteiger partial charge in [-0.15, -0.1) is 0 Å². The second-order valence-electron chi connectivity index (χ2n) is 4.61. The smallest absolute Gasteiger partial charge is 0.163 e. The monoisotopic (exact) mass is 309 g/mol. The third kappa shape index (κ3) is 5.71. The fourth-order valence-corrected chi connectivity index (χ4v) is 1.89. The number of anilines is 1. The standard InChI is InChI=1S/C17H19N5O/c1-3-22(4-2)9-10-23-16-7-5-15(6-8-16)21-17(13-20)14(11-18)12-19/h5-8,21H,3-4,9-10H2,1-2H3. The molecule has 23 heavy (non-hydrogen) atoms. The van der Waals surface area contributed by atoms with Gasteiger partial charge in [0.15, 0.2) is 5.57 Å². The maximum absolute atomic E-state index is 8.99. The van der Waals surface area contributed by atoms with E-state index in [4.69, 9.17) is 20.5 Å². The van der Waals surface area contributed by atoms with Crippen LogP contribution in [0, 0.1) is 34.0 Å². The molecular formula is C17H19N5O. The van der Waals surface area contributed by atoms with Crippen LogP contribution in [0.15, 0.2) is 35.5 Å². The zero-order valence-electron chi connectivity index (χ0n) is 13.3. The molecule has 0 heterocycles. The minimum absolute atomic E-state index is 0.0646. The number of benzene rings is 1. The van der Waals surface area contributed by atoms with Gasteiger partial charge in [-0.3, -0.25) is 0 Å². The van der Waals surface area contributed by atoms with E-state index in [1.807, 2.05) is 6.07 Å². The predicted molar refractivity (Wildman–Crippen MR) is 87.2 cm³/mol. The fourth-order valence-electron chi connectivity index (χ4n) is 1.89. The van der Waals surface area contributed by atoms with E-state index in [-0.39, 0.29) is 11.3 Å². The van der Waals surface area contributed by atoms with Gasteiger partial charge in [0.1, 0.15) is 36.3 Å². The molecule has 1 aromatic rings. The topological polar surface area (TPSA) is 95.9 Å². The van der Waals surface area contributed by atoms with Gasteiger partial charge in [0.2, 0.25) is 0 Å². The van der Waals surface area contributed by atoms with Crippen molar-refractivity contribution >= 4 is 5.69 Å². The van der Waals surface area contributed by atoms with Crippen molar-refractivity contribution in [1.29, 1.82) is 15.8 Å². The van der Waals surface area contributed by atoms with Gasteiger partial charge in [-0.05, 0) is 37.4 Å². The molecule has 0 aliphatic rings. The number of nitrogens with zero attached hydrogens (tertiary/aromatic N) is 4. The second kappa shape index (κ2) is 9.84. The van der Waals surface area contributed by atoms with Gasteiger partial charge in [0.25, 0.3) is 0 Å². The summed E-state index contributed by atoms with van der Waals surface area (Å²) in [5.41, 5.74) is 0.304. The summed E-state index contributed by atoms with van der Waals surface area (Å²) in [6.45, 7) is 7.67. The summed E-state index contributed by atoms with van der Waals surface area (Å²) >= 11 is 0. The van der Waals surface area contributed by atoms with Crippen LogP contribution in [0.25, 0.3) is 0 Å². The first kappa shape index (κ1) is 18.0. The van der Waals surface area contributed by atoms with Gasteiger partial charge >= 0.3 is 0 Å². The summed E-state index contributed by atoms with van der Waals surface area (Å²) in [6.07, 6.45) is 0. The number of allylic oxidation sites excluding steroid dienone is 2. The van der Waals surface area contributed by atoms with Crippen LogP contribution in [0.3, 0.4) is 0 Å². The van der Waals surface area contributed by atoms with E-state index in [1.54, 1.807) is 36.4 Å². The van der Waals surface area contributed by atoms with E-state index in [1.165, 1.54) is 0 Å². The Labute approximate surface area is 136 Å². The zero-order valence-corrected chi connectivity index (χ0v) is 13.3. The van der Waals surface area contributed by atoms with Crippen LogP contribution in [0.2, 0.25) is 0 Å². The van der Waals surface area contributed by atoms with Crippen molar-refractivity contribution in [2.24, 2.45) is 0 Å². The highest BCUT2D eigenvalue weighted by Gasteiger charge is 2.06. The van der Waals surface area contributed by atoms with E-state index < -0.39 is 0 Å². The van der Waals surface area contributed by atoms with Crippen LogP contribution in [-0.4, -0.2) is 31.1 Å². The molecule has 0 radical (unpaired) electrons. The Morgan fingerprint density at radius 2 is 1.65 bits per heavy atom.